The van der Waals surface area contributed by atoms with Crippen LogP contribution in [0.15, 0.2) is 52.8 Å². The Labute approximate surface area is 493 Å². The fourth-order valence-electron chi connectivity index (χ4n) is 11.6. The number of ketones is 1. The smallest absolute Gasteiger partial charge is 0.329 e. The number of ether oxygens (including phenoxy) is 9. The molecule has 83 heavy (non-hydrogen) atoms. The molecule has 1 aliphatic carbocycles. The number of amides is 2. The number of hydrogen-bond acceptors (Lipinski definition) is 19. The Morgan fingerprint density at radius 3 is 2.17 bits per heavy atom. The van der Waals surface area contributed by atoms with Crippen molar-refractivity contribution in [3.05, 3.63) is 47.6 Å². The van der Waals surface area contributed by atoms with Gasteiger partial charge in [0.2, 0.25) is 5.79 Å². The minimum atomic E-state index is -2.44. The lowest BCUT2D eigenvalue weighted by Gasteiger charge is -2.43. The number of hydrogen-bond donors (Lipinski definition) is 5. The van der Waals surface area contributed by atoms with Crippen LogP contribution in [0.2, 0.25) is 0 Å². The molecule has 21 nitrogen and oxygen atoms in total. The van der Waals surface area contributed by atoms with Crippen molar-refractivity contribution < 1.29 is 87.1 Å². The van der Waals surface area contributed by atoms with Gasteiger partial charge in [0.1, 0.15) is 24.4 Å². The van der Waals surface area contributed by atoms with E-state index in [1.54, 1.807) is 48.2 Å². The van der Waals surface area contributed by atoms with Crippen molar-refractivity contribution in [3.8, 4) is 0 Å². The second-order valence-electron chi connectivity index (χ2n) is 23.4. The zero-order chi connectivity index (χ0) is 61.1. The zero-order valence-corrected chi connectivity index (χ0v) is 51.6. The maximum absolute atomic E-state index is 14.6. The second-order valence-corrected chi connectivity index (χ2v) is 23.4. The van der Waals surface area contributed by atoms with E-state index in [1.165, 1.54) is 12.0 Å². The van der Waals surface area contributed by atoms with Crippen LogP contribution in [0.3, 0.4) is 0 Å². The first-order valence-electron chi connectivity index (χ1n) is 30.2. The van der Waals surface area contributed by atoms with Gasteiger partial charge in [-0.2, -0.15) is 0 Å². The summed E-state index contributed by atoms with van der Waals surface area (Å²) in [7, 11) is 6.22. The van der Waals surface area contributed by atoms with Gasteiger partial charge < -0.3 is 78.1 Å². The largest absolute Gasteiger partial charge is 0.460 e. The molecule has 0 unspecified atom stereocenters. The quantitative estimate of drug-likeness (QED) is 0.0308. The fraction of sp³-hybridized carbons (Fsp3) is 0.790. The molecule has 2 amide bonds. The molecule has 5 N–H and O–H groups in total. The van der Waals surface area contributed by atoms with E-state index in [0.717, 1.165) is 12.0 Å². The van der Waals surface area contributed by atoms with Crippen LogP contribution in [0.4, 0.5) is 0 Å². The summed E-state index contributed by atoms with van der Waals surface area (Å²) in [6, 6.07) is -1.14. The Bertz CT molecular complexity index is 2120. The van der Waals surface area contributed by atoms with Gasteiger partial charge in [0.05, 0.1) is 82.5 Å². The van der Waals surface area contributed by atoms with Crippen LogP contribution in [0.25, 0.3) is 0 Å². The fourth-order valence-corrected chi connectivity index (χ4v) is 11.6. The van der Waals surface area contributed by atoms with Gasteiger partial charge in [0, 0.05) is 72.1 Å². The number of methoxy groups -OCH3 is 4. The molecule has 1 saturated carbocycles. The topological polar surface area (TPSA) is 269 Å². The van der Waals surface area contributed by atoms with E-state index >= 15 is 0 Å². The van der Waals surface area contributed by atoms with Gasteiger partial charge in [-0.15, -0.1) is 0 Å². The van der Waals surface area contributed by atoms with Crippen molar-refractivity contribution in [3.63, 3.8) is 0 Å². The van der Waals surface area contributed by atoms with Crippen molar-refractivity contribution in [2.24, 2.45) is 40.7 Å². The minimum absolute atomic E-state index is 0.00689. The predicted molar refractivity (Wildman–Crippen MR) is 312 cm³/mol. The molecule has 0 aromatic heterocycles. The summed E-state index contributed by atoms with van der Waals surface area (Å²) >= 11 is 0. The molecule has 0 aromatic carbocycles. The number of carbonyl (C=O) groups excluding carboxylic acids is 4. The monoisotopic (exact) mass is 1180 g/mol. The Hall–Kier alpha value is -3.97. The SMILES string of the molecule is COCCOCCOCCOCCNC(=O)CO/N=C1\[C@H](C)C[C@H](C)/C=C/C=C/C=C(\C)[C@@H](OC)C[C@@H]2CC[C@@H](C)[C@@](O)(O2)C(=O)C(=O)N2CCCC[C@H]2C(=O)O[C@H]([C@H](C)C[C@@H]2CC[C@@H](O)[C@H](OC)C2)C[C@@H](O)[C@H](C)/C=C(\C)[C@@H](O)[C@H]1OC. The second kappa shape index (κ2) is 37.6. The Balaban J connectivity index is 1.64. The third-order valence-electron chi connectivity index (χ3n) is 16.8. The minimum Gasteiger partial charge on any atom is -0.460 e. The van der Waals surface area contributed by atoms with Crippen LogP contribution in [-0.2, 0) is 66.6 Å². The van der Waals surface area contributed by atoms with Gasteiger partial charge in [0.15, 0.2) is 6.61 Å². The lowest BCUT2D eigenvalue weighted by atomic mass is 9.78. The molecule has 0 spiro atoms. The third-order valence-corrected chi connectivity index (χ3v) is 16.8. The van der Waals surface area contributed by atoms with E-state index in [0.29, 0.717) is 109 Å². The number of carbonyl (C=O) groups is 4. The number of nitrogens with one attached hydrogen (secondary N) is 1. The molecule has 21 heteroatoms. The van der Waals surface area contributed by atoms with Crippen LogP contribution < -0.4 is 5.32 Å². The lowest BCUT2D eigenvalue weighted by Crippen LogP contribution is -2.61. The summed E-state index contributed by atoms with van der Waals surface area (Å²) in [5.74, 6) is -7.61. The number of fused-ring (bicyclic) bond motifs is 3. The molecule has 2 saturated heterocycles. The van der Waals surface area contributed by atoms with Gasteiger partial charge in [0.25, 0.3) is 17.6 Å². The summed E-state index contributed by atoms with van der Waals surface area (Å²) in [5.41, 5.74) is 1.69. The van der Waals surface area contributed by atoms with E-state index in [1.807, 2.05) is 58.1 Å². The highest BCUT2D eigenvalue weighted by atomic mass is 16.6. The predicted octanol–water partition coefficient (Wildman–Crippen LogP) is 5.59. The van der Waals surface area contributed by atoms with Gasteiger partial charge in [-0.1, -0.05) is 76.2 Å². The third kappa shape index (κ3) is 23.0. The first kappa shape index (κ1) is 71.5. The van der Waals surface area contributed by atoms with Gasteiger partial charge in [-0.3, -0.25) is 14.4 Å². The van der Waals surface area contributed by atoms with Crippen LogP contribution in [-0.4, -0.2) is 210 Å². The van der Waals surface area contributed by atoms with Crippen LogP contribution in [0.5, 0.6) is 0 Å². The van der Waals surface area contributed by atoms with E-state index in [-0.39, 0.29) is 62.3 Å². The van der Waals surface area contributed by atoms with E-state index in [4.69, 9.17) is 47.5 Å². The summed E-state index contributed by atoms with van der Waals surface area (Å²) < 4.78 is 51.5. The highest BCUT2D eigenvalue weighted by Gasteiger charge is 2.53. The Morgan fingerprint density at radius 2 is 1.49 bits per heavy atom. The molecule has 4 rings (SSSR count). The molecule has 4 aliphatic rings. The molecule has 16 atom stereocenters. The van der Waals surface area contributed by atoms with Gasteiger partial charge in [-0.25, -0.2) is 4.79 Å². The Morgan fingerprint density at radius 1 is 0.795 bits per heavy atom. The molecule has 3 heterocycles. The van der Waals surface area contributed by atoms with E-state index in [9.17, 15) is 39.6 Å². The van der Waals surface area contributed by atoms with Gasteiger partial charge >= 0.3 is 5.97 Å². The number of nitrogens with zero attached hydrogens (tertiary/aromatic N) is 2. The summed E-state index contributed by atoms with van der Waals surface area (Å²) in [5, 5.41) is 54.1. The first-order valence-corrected chi connectivity index (χ1v) is 30.2. The molecular formula is C62H103N3O18. The average Bonchev–Trinajstić information content (AvgIpc) is 3.66. The number of rotatable bonds is 21. The van der Waals surface area contributed by atoms with Crippen molar-refractivity contribution in [2.75, 3.05) is 94.4 Å². The van der Waals surface area contributed by atoms with Crippen molar-refractivity contribution in [1.29, 1.82) is 0 Å². The number of oxime groups is 1. The molecular weight excluding hydrogens is 1070 g/mol. The standard InChI is InChI=1S/C62H103N3O18/c1-40-17-13-12-14-18-41(2)52(75-9)37-48-22-20-46(7)62(73,83-48)59(70)60(71)65-25-16-15-19-49(65)61(72)82-53(43(4)35-47-21-23-50(66)54(36-47)76-10)38-51(67)42(3)34-45(6)57(69)58(77-11)56(44(5)33-40)64-81-39-55(68)63-24-26-78-29-30-80-32-31-79-28-27-74-8/h12-14,17-18,34,40,42-44,46-54,57-58,66-67,69,73H,15-16,19-33,35-39H2,1-11H3,(H,63,68)/b14-12+,17-13+,41-18+,45-34+,64-56+/t40-,42-,43-,44-,46-,47+,48+,49+,50-,51-,52+,53+,54-,57-,58+,62-/m1/s1. The van der Waals surface area contributed by atoms with Gasteiger partial charge in [-0.05, 0) is 107 Å². The van der Waals surface area contributed by atoms with Crippen molar-refractivity contribution in [1.82, 2.24) is 10.2 Å². The summed E-state index contributed by atoms with van der Waals surface area (Å²) in [4.78, 5) is 63.2. The molecule has 0 radical (unpaired) electrons. The van der Waals surface area contributed by atoms with Crippen LogP contribution >= 0.6 is 0 Å². The number of cyclic esters (lactones) is 1. The zero-order valence-electron chi connectivity index (χ0n) is 51.6. The first-order chi connectivity index (χ1) is 39.7. The van der Waals surface area contributed by atoms with E-state index in [2.05, 4.69) is 10.5 Å². The molecule has 474 valence electrons. The molecule has 2 bridgehead atoms. The number of Topliss-reactive ketones (excluding diaryl/α,β-unsaturated/α-hetero) is 1. The summed E-state index contributed by atoms with van der Waals surface area (Å²) in [6.07, 6.45) is 10.6. The Kier molecular flexibility index (Phi) is 32.4. The number of aliphatic hydroxyl groups is 4. The summed E-state index contributed by atoms with van der Waals surface area (Å²) in [6.45, 7) is 15.8. The number of esters is 1. The molecule has 3 fully saturated rings. The normalized spacial score (nSPS) is 35.5. The maximum atomic E-state index is 14.6. The highest BCUT2D eigenvalue weighted by molar-refractivity contribution is 6.39. The van der Waals surface area contributed by atoms with Crippen LogP contribution in [0.1, 0.15) is 126 Å². The molecule has 3 aliphatic heterocycles. The number of allylic oxidation sites excluding steroid dienone is 5. The van der Waals surface area contributed by atoms with E-state index < -0.39 is 96.6 Å². The van der Waals surface area contributed by atoms with Crippen molar-refractivity contribution >= 4 is 29.3 Å². The lowest BCUT2D eigenvalue weighted by molar-refractivity contribution is -0.265. The number of aliphatic hydroxyl groups excluding tert-OH is 3. The highest BCUT2D eigenvalue weighted by Crippen LogP contribution is 2.38. The van der Waals surface area contributed by atoms with Crippen LogP contribution in [0, 0.1) is 35.5 Å². The molecule has 0 aromatic rings. The number of piperidine rings is 1. The maximum Gasteiger partial charge on any atom is 0.329 e. The van der Waals surface area contributed by atoms with Crippen molar-refractivity contribution in [2.45, 2.75) is 186 Å². The average molecular weight is 1180 g/mol.